The van der Waals surface area contributed by atoms with E-state index in [9.17, 15) is 18.0 Å². The van der Waals surface area contributed by atoms with E-state index in [4.69, 9.17) is 0 Å². The molecular formula is C25H39N3O4S. The molecule has 33 heavy (non-hydrogen) atoms. The molecule has 8 heteroatoms. The molecule has 184 valence electrons. The average Bonchev–Trinajstić information content (AvgIpc) is 2.79. The van der Waals surface area contributed by atoms with Gasteiger partial charge in [-0.3, -0.25) is 9.59 Å². The van der Waals surface area contributed by atoms with Gasteiger partial charge in [0.2, 0.25) is 21.8 Å². The van der Waals surface area contributed by atoms with Gasteiger partial charge < -0.3 is 10.6 Å². The van der Waals surface area contributed by atoms with Gasteiger partial charge in [0.15, 0.2) is 0 Å². The lowest BCUT2D eigenvalue weighted by Gasteiger charge is -2.39. The van der Waals surface area contributed by atoms with Crippen molar-refractivity contribution in [2.45, 2.75) is 89.0 Å². The number of amides is 2. The Labute approximate surface area is 198 Å². The van der Waals surface area contributed by atoms with Crippen molar-refractivity contribution in [3.63, 3.8) is 0 Å². The van der Waals surface area contributed by atoms with Crippen LogP contribution in [0, 0.1) is 19.8 Å². The van der Waals surface area contributed by atoms with Gasteiger partial charge in [0.05, 0.1) is 4.90 Å². The van der Waals surface area contributed by atoms with Crippen molar-refractivity contribution in [3.8, 4) is 0 Å². The highest BCUT2D eigenvalue weighted by atomic mass is 32.2. The van der Waals surface area contributed by atoms with Crippen molar-refractivity contribution >= 4 is 21.8 Å². The molecule has 2 fully saturated rings. The van der Waals surface area contributed by atoms with Crippen molar-refractivity contribution in [1.29, 1.82) is 0 Å². The van der Waals surface area contributed by atoms with E-state index in [1.165, 1.54) is 4.31 Å². The second-order valence-electron chi connectivity index (χ2n) is 9.69. The normalized spacial score (nSPS) is 19.7. The number of hydrogen-bond donors (Lipinski definition) is 2. The van der Waals surface area contributed by atoms with Gasteiger partial charge in [-0.1, -0.05) is 50.3 Å². The van der Waals surface area contributed by atoms with Gasteiger partial charge in [0, 0.05) is 25.6 Å². The lowest BCUT2D eigenvalue weighted by atomic mass is 9.80. The second kappa shape index (κ2) is 11.0. The summed E-state index contributed by atoms with van der Waals surface area (Å²) < 4.78 is 27.8. The number of benzene rings is 1. The molecule has 0 bridgehead atoms. The zero-order chi connectivity index (χ0) is 24.1. The highest BCUT2D eigenvalue weighted by Gasteiger charge is 2.42. The van der Waals surface area contributed by atoms with Crippen LogP contribution in [-0.4, -0.2) is 49.7 Å². The Balaban J connectivity index is 1.63. The fourth-order valence-corrected chi connectivity index (χ4v) is 6.71. The van der Waals surface area contributed by atoms with Crippen LogP contribution < -0.4 is 10.6 Å². The first-order chi connectivity index (χ1) is 15.7. The molecule has 1 heterocycles. The number of hydrogen-bond acceptors (Lipinski definition) is 4. The Bertz CT molecular complexity index is 946. The Hall–Kier alpha value is -1.93. The number of aryl methyl sites for hydroxylation is 2. The summed E-state index contributed by atoms with van der Waals surface area (Å²) in [5.41, 5.74) is 0.936. The molecule has 0 radical (unpaired) electrons. The summed E-state index contributed by atoms with van der Waals surface area (Å²) in [6, 6.07) is 5.36. The maximum atomic E-state index is 13.2. The van der Waals surface area contributed by atoms with Gasteiger partial charge in [0.1, 0.15) is 5.54 Å². The van der Waals surface area contributed by atoms with Crippen molar-refractivity contribution in [2.75, 3.05) is 19.6 Å². The highest BCUT2D eigenvalue weighted by molar-refractivity contribution is 7.89. The molecule has 3 rings (SSSR count). The largest absolute Gasteiger partial charge is 0.354 e. The van der Waals surface area contributed by atoms with Crippen LogP contribution in [0.2, 0.25) is 0 Å². The summed E-state index contributed by atoms with van der Waals surface area (Å²) >= 11 is 0. The minimum atomic E-state index is -3.59. The summed E-state index contributed by atoms with van der Waals surface area (Å²) in [6.45, 7) is 7.08. The number of sulfonamides is 1. The SMILES string of the molecule is CCCCNC(=O)C1(NC(=O)C2CCN(S(=O)(=O)c3ccc(C)cc3C)CC2)CCCCC1. The molecule has 7 nitrogen and oxygen atoms in total. The van der Waals surface area contributed by atoms with E-state index in [0.29, 0.717) is 50.2 Å². The van der Waals surface area contributed by atoms with Gasteiger partial charge in [-0.2, -0.15) is 4.31 Å². The first kappa shape index (κ1) is 25.7. The second-order valence-corrected chi connectivity index (χ2v) is 11.6. The number of unbranched alkanes of at least 4 members (excludes halogenated alkanes) is 1. The quantitative estimate of drug-likeness (QED) is 0.561. The maximum Gasteiger partial charge on any atom is 0.245 e. The number of rotatable bonds is 8. The van der Waals surface area contributed by atoms with E-state index >= 15 is 0 Å². The van der Waals surface area contributed by atoms with Gasteiger partial charge in [-0.15, -0.1) is 0 Å². The smallest absolute Gasteiger partial charge is 0.245 e. The first-order valence-corrected chi connectivity index (χ1v) is 13.8. The van der Waals surface area contributed by atoms with Crippen molar-refractivity contribution in [2.24, 2.45) is 5.92 Å². The zero-order valence-corrected chi connectivity index (χ0v) is 21.1. The summed E-state index contributed by atoms with van der Waals surface area (Å²) in [7, 11) is -3.59. The van der Waals surface area contributed by atoms with Crippen molar-refractivity contribution < 1.29 is 18.0 Å². The molecule has 0 spiro atoms. The Morgan fingerprint density at radius 2 is 1.76 bits per heavy atom. The molecule has 2 N–H and O–H groups in total. The summed E-state index contributed by atoms with van der Waals surface area (Å²) in [6.07, 6.45) is 7.10. The van der Waals surface area contributed by atoms with Crippen LogP contribution in [0.1, 0.15) is 75.8 Å². The standard InChI is InChI=1S/C25H39N3O4S/c1-4-5-15-26-24(30)25(13-7-6-8-14-25)27-23(29)21-11-16-28(17-12-21)33(31,32)22-10-9-19(2)18-20(22)3/h9-10,18,21H,4-8,11-17H2,1-3H3,(H,26,30)(H,27,29). The van der Waals surface area contributed by atoms with Crippen LogP contribution in [0.15, 0.2) is 23.1 Å². The third-order valence-corrected chi connectivity index (χ3v) is 9.15. The fraction of sp³-hybridized carbons (Fsp3) is 0.680. The van der Waals surface area contributed by atoms with E-state index < -0.39 is 15.6 Å². The monoisotopic (exact) mass is 477 g/mol. The third-order valence-electron chi connectivity index (χ3n) is 7.09. The van der Waals surface area contributed by atoms with Gasteiger partial charge >= 0.3 is 0 Å². The molecular weight excluding hydrogens is 438 g/mol. The van der Waals surface area contributed by atoms with E-state index in [0.717, 1.165) is 43.2 Å². The lowest BCUT2D eigenvalue weighted by Crippen LogP contribution is -2.61. The lowest BCUT2D eigenvalue weighted by molar-refractivity contribution is -0.137. The minimum absolute atomic E-state index is 0.0705. The van der Waals surface area contributed by atoms with Crippen molar-refractivity contribution in [1.82, 2.24) is 14.9 Å². The Morgan fingerprint density at radius 1 is 1.09 bits per heavy atom. The van der Waals surface area contributed by atoms with E-state index in [2.05, 4.69) is 17.6 Å². The molecule has 1 aromatic carbocycles. The number of piperidine rings is 1. The van der Waals surface area contributed by atoms with Crippen molar-refractivity contribution in [3.05, 3.63) is 29.3 Å². The predicted octanol–water partition coefficient (Wildman–Crippen LogP) is 3.44. The molecule has 1 aliphatic carbocycles. The van der Waals surface area contributed by atoms with E-state index in [1.807, 2.05) is 26.0 Å². The van der Waals surface area contributed by atoms with E-state index in [1.54, 1.807) is 6.07 Å². The van der Waals surface area contributed by atoms with E-state index in [-0.39, 0.29) is 17.7 Å². The molecule has 1 aromatic rings. The fourth-order valence-electron chi connectivity index (χ4n) is 5.04. The summed E-state index contributed by atoms with van der Waals surface area (Å²) in [4.78, 5) is 26.5. The predicted molar refractivity (Wildman–Crippen MR) is 129 cm³/mol. The zero-order valence-electron chi connectivity index (χ0n) is 20.3. The Morgan fingerprint density at radius 3 is 2.36 bits per heavy atom. The molecule has 1 saturated heterocycles. The number of carbonyl (C=O) groups excluding carboxylic acids is 2. The van der Waals surface area contributed by atoms with Gasteiger partial charge in [-0.05, 0) is 57.6 Å². The number of nitrogens with zero attached hydrogens (tertiary/aromatic N) is 1. The summed E-state index contributed by atoms with van der Waals surface area (Å²) in [5.74, 6) is -0.470. The Kier molecular flexibility index (Phi) is 8.56. The molecule has 2 aliphatic rings. The van der Waals surface area contributed by atoms with Crippen LogP contribution >= 0.6 is 0 Å². The molecule has 2 amide bonds. The highest BCUT2D eigenvalue weighted by Crippen LogP contribution is 2.31. The summed E-state index contributed by atoms with van der Waals surface area (Å²) in [5, 5.41) is 6.13. The van der Waals surface area contributed by atoms with Gasteiger partial charge in [0.25, 0.3) is 0 Å². The molecule has 0 unspecified atom stereocenters. The minimum Gasteiger partial charge on any atom is -0.354 e. The van der Waals surface area contributed by atoms with Crippen LogP contribution in [0.5, 0.6) is 0 Å². The molecule has 1 saturated carbocycles. The first-order valence-electron chi connectivity index (χ1n) is 12.4. The molecule has 1 aliphatic heterocycles. The molecule has 0 atom stereocenters. The topological polar surface area (TPSA) is 95.6 Å². The molecule has 0 aromatic heterocycles. The van der Waals surface area contributed by atoms with Crippen LogP contribution in [0.25, 0.3) is 0 Å². The van der Waals surface area contributed by atoms with Crippen LogP contribution in [-0.2, 0) is 19.6 Å². The van der Waals surface area contributed by atoms with Crippen LogP contribution in [0.3, 0.4) is 0 Å². The number of nitrogens with one attached hydrogen (secondary N) is 2. The maximum absolute atomic E-state index is 13.2. The average molecular weight is 478 g/mol. The number of carbonyl (C=O) groups is 2. The van der Waals surface area contributed by atoms with Crippen LogP contribution in [0.4, 0.5) is 0 Å². The van der Waals surface area contributed by atoms with Gasteiger partial charge in [-0.25, -0.2) is 8.42 Å². The third kappa shape index (κ3) is 5.96.